The van der Waals surface area contributed by atoms with Gasteiger partial charge in [-0.2, -0.15) is 12.7 Å². The molecule has 0 aromatic heterocycles. The Balaban J connectivity index is 1.65. The Morgan fingerprint density at radius 3 is 2.04 bits per heavy atom. The molecule has 3 rings (SSSR count). The fourth-order valence-electron chi connectivity index (χ4n) is 4.45. The van der Waals surface area contributed by atoms with E-state index in [1.807, 2.05) is 0 Å². The Hall–Kier alpha value is -0.210. The molecule has 3 aliphatic rings. The Kier molecular flexibility index (Phi) is 6.54. The lowest BCUT2D eigenvalue weighted by Crippen LogP contribution is -2.60. The average molecular weight is 360 g/mol. The van der Waals surface area contributed by atoms with Crippen LogP contribution >= 0.6 is 0 Å². The molecule has 0 aromatic rings. The van der Waals surface area contributed by atoms with Crippen molar-refractivity contribution in [3.63, 3.8) is 0 Å². The Labute approximate surface area is 147 Å². The van der Waals surface area contributed by atoms with Crippen LogP contribution in [0.3, 0.4) is 0 Å². The molecule has 1 aliphatic carbocycles. The minimum atomic E-state index is -3.36. The number of morpholine rings is 1. The van der Waals surface area contributed by atoms with Crippen LogP contribution in [0.1, 0.15) is 57.8 Å². The van der Waals surface area contributed by atoms with Gasteiger partial charge in [0.15, 0.2) is 0 Å². The second kappa shape index (κ2) is 8.45. The van der Waals surface area contributed by atoms with Gasteiger partial charge in [0.1, 0.15) is 0 Å². The number of hydrogen-bond acceptors (Lipinski definition) is 4. The summed E-state index contributed by atoms with van der Waals surface area (Å²) in [6.07, 6.45) is 10.1. The summed E-state index contributed by atoms with van der Waals surface area (Å²) in [5, 5.41) is 0. The van der Waals surface area contributed by atoms with Crippen molar-refractivity contribution in [3.8, 4) is 0 Å². The van der Waals surface area contributed by atoms with Gasteiger partial charge >= 0.3 is 0 Å². The first kappa shape index (κ1) is 18.6. The number of hydrogen-bond donors (Lipinski definition) is 1. The van der Waals surface area contributed by atoms with Crippen LogP contribution in [0.15, 0.2) is 0 Å². The highest BCUT2D eigenvalue weighted by Crippen LogP contribution is 2.34. The van der Waals surface area contributed by atoms with Gasteiger partial charge in [-0.3, -0.25) is 4.90 Å². The zero-order valence-corrected chi connectivity index (χ0v) is 15.7. The molecule has 2 heterocycles. The molecule has 2 aliphatic heterocycles. The molecule has 1 saturated carbocycles. The van der Waals surface area contributed by atoms with Gasteiger partial charge in [-0.05, 0) is 25.7 Å². The zero-order valence-electron chi connectivity index (χ0n) is 14.8. The van der Waals surface area contributed by atoms with E-state index in [-0.39, 0.29) is 5.54 Å². The molecule has 0 atom stereocenters. The first-order chi connectivity index (χ1) is 11.6. The molecule has 0 spiro atoms. The van der Waals surface area contributed by atoms with Crippen molar-refractivity contribution in [1.29, 1.82) is 0 Å². The van der Waals surface area contributed by atoms with Crippen molar-refractivity contribution in [2.24, 2.45) is 0 Å². The lowest BCUT2D eigenvalue weighted by atomic mass is 9.80. The summed E-state index contributed by atoms with van der Waals surface area (Å²) in [7, 11) is -3.36. The number of nitrogens with zero attached hydrogens (tertiary/aromatic N) is 2. The molecule has 0 amide bonds. The predicted molar refractivity (Wildman–Crippen MR) is 95.2 cm³/mol. The molecule has 140 valence electrons. The minimum absolute atomic E-state index is 0.0129. The van der Waals surface area contributed by atoms with Crippen molar-refractivity contribution in [3.05, 3.63) is 0 Å². The molecule has 1 N–H and O–H groups in total. The standard InChI is InChI=1S/C17H33N3O3S/c21-24(22,20-10-6-1-2-7-11-20)18-16-17(8-4-3-5-9-17)19-12-14-23-15-13-19/h18H,1-16H2. The van der Waals surface area contributed by atoms with Crippen molar-refractivity contribution < 1.29 is 13.2 Å². The Bertz CT molecular complexity index is 477. The van der Waals surface area contributed by atoms with Crippen molar-refractivity contribution in [1.82, 2.24) is 13.9 Å². The molecule has 0 radical (unpaired) electrons. The molecule has 24 heavy (non-hydrogen) atoms. The van der Waals surface area contributed by atoms with E-state index in [4.69, 9.17) is 4.74 Å². The van der Waals surface area contributed by atoms with Crippen LogP contribution in [0.25, 0.3) is 0 Å². The van der Waals surface area contributed by atoms with E-state index in [0.717, 1.165) is 64.8 Å². The van der Waals surface area contributed by atoms with Crippen LogP contribution in [-0.4, -0.2) is 69.1 Å². The lowest BCUT2D eigenvalue weighted by molar-refractivity contribution is -0.0350. The third-order valence-electron chi connectivity index (χ3n) is 5.95. The second-order valence-electron chi connectivity index (χ2n) is 7.52. The SMILES string of the molecule is O=S(=O)(NCC1(N2CCOCC2)CCCCC1)N1CCCCCC1. The first-order valence-corrected chi connectivity index (χ1v) is 11.1. The van der Waals surface area contributed by atoms with E-state index in [2.05, 4.69) is 9.62 Å². The van der Waals surface area contributed by atoms with E-state index in [1.54, 1.807) is 4.31 Å². The summed E-state index contributed by atoms with van der Waals surface area (Å²) in [5.41, 5.74) is -0.0129. The maximum Gasteiger partial charge on any atom is 0.279 e. The normalized spacial score (nSPS) is 27.7. The second-order valence-corrected chi connectivity index (χ2v) is 9.28. The summed E-state index contributed by atoms with van der Waals surface area (Å²) in [6, 6.07) is 0. The molecule has 0 unspecified atom stereocenters. The third-order valence-corrected chi connectivity index (χ3v) is 7.51. The number of rotatable bonds is 5. The highest BCUT2D eigenvalue weighted by atomic mass is 32.2. The minimum Gasteiger partial charge on any atom is -0.379 e. The van der Waals surface area contributed by atoms with Gasteiger partial charge in [0, 0.05) is 38.3 Å². The van der Waals surface area contributed by atoms with Gasteiger partial charge in [0.2, 0.25) is 0 Å². The molecule has 2 saturated heterocycles. The molecule has 0 aromatic carbocycles. The van der Waals surface area contributed by atoms with Crippen LogP contribution < -0.4 is 4.72 Å². The van der Waals surface area contributed by atoms with E-state index in [1.165, 1.54) is 19.3 Å². The summed E-state index contributed by atoms with van der Waals surface area (Å²) >= 11 is 0. The zero-order chi connectivity index (χ0) is 16.9. The van der Waals surface area contributed by atoms with Crippen molar-refractivity contribution in [2.75, 3.05) is 45.9 Å². The quantitative estimate of drug-likeness (QED) is 0.812. The molecular formula is C17H33N3O3S. The fraction of sp³-hybridized carbons (Fsp3) is 1.00. The van der Waals surface area contributed by atoms with Crippen molar-refractivity contribution >= 4 is 10.2 Å². The third kappa shape index (κ3) is 4.49. The maximum atomic E-state index is 12.8. The topological polar surface area (TPSA) is 61.9 Å². The Morgan fingerprint density at radius 2 is 1.42 bits per heavy atom. The van der Waals surface area contributed by atoms with Crippen molar-refractivity contribution in [2.45, 2.75) is 63.3 Å². The predicted octanol–water partition coefficient (Wildman–Crippen LogP) is 1.73. The maximum absolute atomic E-state index is 12.8. The smallest absolute Gasteiger partial charge is 0.279 e. The summed E-state index contributed by atoms with van der Waals surface area (Å²) in [4.78, 5) is 2.49. The van der Waals surface area contributed by atoms with Crippen LogP contribution in [0.2, 0.25) is 0 Å². The van der Waals surface area contributed by atoms with Gasteiger partial charge in [0.05, 0.1) is 13.2 Å². The van der Waals surface area contributed by atoms with Gasteiger partial charge in [-0.15, -0.1) is 0 Å². The number of ether oxygens (including phenoxy) is 1. The van der Waals surface area contributed by atoms with Gasteiger partial charge < -0.3 is 4.74 Å². The molecule has 0 bridgehead atoms. The highest BCUT2D eigenvalue weighted by molar-refractivity contribution is 7.87. The summed E-state index contributed by atoms with van der Waals surface area (Å²) < 4.78 is 35.7. The molecule has 6 nitrogen and oxygen atoms in total. The lowest BCUT2D eigenvalue weighted by Gasteiger charge is -2.48. The first-order valence-electron chi connectivity index (χ1n) is 9.70. The largest absolute Gasteiger partial charge is 0.379 e. The Morgan fingerprint density at radius 1 is 0.833 bits per heavy atom. The molecule has 3 fully saturated rings. The van der Waals surface area contributed by atoms with Crippen LogP contribution in [0.4, 0.5) is 0 Å². The average Bonchev–Trinajstić information content (AvgIpc) is 2.92. The van der Waals surface area contributed by atoms with E-state index in [9.17, 15) is 8.42 Å². The summed E-state index contributed by atoms with van der Waals surface area (Å²) in [5.74, 6) is 0. The van der Waals surface area contributed by atoms with Crippen LogP contribution in [-0.2, 0) is 14.9 Å². The fourth-order valence-corrected chi connectivity index (χ4v) is 5.82. The van der Waals surface area contributed by atoms with Crippen LogP contribution in [0.5, 0.6) is 0 Å². The van der Waals surface area contributed by atoms with Crippen LogP contribution in [0, 0.1) is 0 Å². The van der Waals surface area contributed by atoms with E-state index >= 15 is 0 Å². The molecular weight excluding hydrogens is 326 g/mol. The van der Waals surface area contributed by atoms with E-state index in [0.29, 0.717) is 19.6 Å². The van der Waals surface area contributed by atoms with E-state index < -0.39 is 10.2 Å². The monoisotopic (exact) mass is 359 g/mol. The summed E-state index contributed by atoms with van der Waals surface area (Å²) in [6.45, 7) is 5.25. The van der Waals surface area contributed by atoms with Gasteiger partial charge in [0.25, 0.3) is 10.2 Å². The number of nitrogens with one attached hydrogen (secondary N) is 1. The van der Waals surface area contributed by atoms with Gasteiger partial charge in [-0.25, -0.2) is 4.72 Å². The molecule has 7 heteroatoms. The van der Waals surface area contributed by atoms with Gasteiger partial charge in [-0.1, -0.05) is 32.1 Å². The highest BCUT2D eigenvalue weighted by Gasteiger charge is 2.40.